The molecule has 11 rings (SSSR count). The van der Waals surface area contributed by atoms with Crippen LogP contribution >= 0.6 is 11.8 Å². The Morgan fingerprint density at radius 3 is 2.67 bits per heavy atom. The molecule has 0 saturated carbocycles. The fraction of sp³-hybridized carbons (Fsp3) is 0.463. The van der Waals surface area contributed by atoms with Gasteiger partial charge in [-0.25, -0.2) is 4.79 Å². The summed E-state index contributed by atoms with van der Waals surface area (Å²) in [6.45, 7) is 6.00. The molecule has 54 heavy (non-hydrogen) atoms. The van der Waals surface area contributed by atoms with Crippen molar-refractivity contribution in [2.45, 2.75) is 80.7 Å². The molecule has 1 aromatic heterocycles. The van der Waals surface area contributed by atoms with Gasteiger partial charge in [0, 0.05) is 51.2 Å². The Balaban J connectivity index is 1.23. The minimum atomic E-state index is -1.31. The zero-order valence-corrected chi connectivity index (χ0v) is 31.7. The quantitative estimate of drug-likeness (QED) is 0.214. The molecule has 13 heteroatoms. The summed E-state index contributed by atoms with van der Waals surface area (Å²) in [6.07, 6.45) is 1.11. The number of fused-ring (bicyclic) bond motifs is 11. The number of phenolic OH excluding ortho intramolecular Hbond substituents is 1. The zero-order valence-electron chi connectivity index (χ0n) is 30.9. The Hall–Kier alpha value is -4.45. The van der Waals surface area contributed by atoms with Crippen LogP contribution in [0.5, 0.6) is 23.0 Å². The van der Waals surface area contributed by atoms with Gasteiger partial charge < -0.3 is 34.1 Å². The van der Waals surface area contributed by atoms with E-state index >= 15 is 0 Å². The van der Waals surface area contributed by atoms with Gasteiger partial charge in [0.2, 0.25) is 6.79 Å². The molecule has 0 amide bonds. The number of ether oxygens (including phenoxy) is 4. The third-order valence-electron chi connectivity index (χ3n) is 13.2. The number of methoxy groups -OCH3 is 1. The number of nitriles is 1. The molecule has 12 nitrogen and oxygen atoms in total. The van der Waals surface area contributed by atoms with E-state index in [0.717, 1.165) is 61.1 Å². The second-order valence-electron chi connectivity index (χ2n) is 15.7. The predicted molar refractivity (Wildman–Crippen MR) is 201 cm³/mol. The highest BCUT2D eigenvalue weighted by atomic mass is 32.2. The van der Waals surface area contributed by atoms with Gasteiger partial charge in [-0.05, 0) is 80.1 Å². The molecular formula is C41H43N5O7S. The summed E-state index contributed by atoms with van der Waals surface area (Å²) >= 11 is 1.65. The number of aryl methyl sites for hydroxylation is 1. The summed E-state index contributed by atoms with van der Waals surface area (Å²) in [7, 11) is 3.65. The number of rotatable bonds is 2. The fourth-order valence-electron chi connectivity index (χ4n) is 10.8. The van der Waals surface area contributed by atoms with Crippen LogP contribution < -0.4 is 19.5 Å². The largest absolute Gasteiger partial charge is 0.504 e. The standard InChI is InChI=1S/C41H43N5O7S/c1-18-10-21-11-26-27(13-42)46-28-15-51-40(49)41(39-24(12-22(14-47)44-41)23-8-6-7-9-25(23)43-39)16-54-38(29-19(2)20(3)36-37(31(28)29)53-17-52-36)33(46)32(45(26)4)30(21)34(48)35(18)50-5/h6-10,22,26-28,32-33,38,43-44,47-48H,11-12,14-17H2,1-5H3/t22-,26-,27+,28+,32+,33-,38-,41-/m1/s1. The Morgan fingerprint density at radius 1 is 1.09 bits per heavy atom. The van der Waals surface area contributed by atoms with E-state index in [-0.39, 0.29) is 60.9 Å². The first-order valence-corrected chi connectivity index (χ1v) is 19.7. The molecule has 4 aromatic rings. The summed E-state index contributed by atoms with van der Waals surface area (Å²) < 4.78 is 24.7. The average Bonchev–Trinajstić information content (AvgIpc) is 3.81. The SMILES string of the molecule is COc1c(C)cc2c(c1O)[C@H]1[C@@H]3[C@@H]4SC[C@]5(N[C@@H](CO)Cc6c5[nH]c5ccccc65)C(=O)OC[C@@H](c5c6c(c(C)c(C)c54)OCO6)N3[C@@H](C#N)[C@@H](C2)N1C. The van der Waals surface area contributed by atoms with E-state index in [1.165, 1.54) is 0 Å². The van der Waals surface area contributed by atoms with E-state index < -0.39 is 23.6 Å². The number of hydrogen-bond donors (Lipinski definition) is 4. The Morgan fingerprint density at radius 2 is 1.89 bits per heavy atom. The lowest BCUT2D eigenvalue weighted by Gasteiger charge is -2.62. The Kier molecular flexibility index (Phi) is 7.59. The number of phenols is 1. The molecule has 2 saturated heterocycles. The van der Waals surface area contributed by atoms with Crippen molar-refractivity contribution in [2.75, 3.05) is 39.9 Å². The maximum Gasteiger partial charge on any atom is 0.333 e. The van der Waals surface area contributed by atoms with Gasteiger partial charge >= 0.3 is 5.97 Å². The smallest absolute Gasteiger partial charge is 0.333 e. The normalized spacial score (nSPS) is 31.0. The molecule has 2 fully saturated rings. The highest BCUT2D eigenvalue weighted by molar-refractivity contribution is 7.99. The third kappa shape index (κ3) is 4.31. The van der Waals surface area contributed by atoms with Crippen LogP contribution in [0.25, 0.3) is 10.9 Å². The van der Waals surface area contributed by atoms with E-state index in [1.807, 2.05) is 25.1 Å². The minimum absolute atomic E-state index is 0.0435. The van der Waals surface area contributed by atoms with E-state index in [9.17, 15) is 20.3 Å². The Bertz CT molecular complexity index is 2320. The highest BCUT2D eigenvalue weighted by Crippen LogP contribution is 2.63. The molecular weight excluding hydrogens is 707 g/mol. The van der Waals surface area contributed by atoms with E-state index in [4.69, 9.17) is 18.9 Å². The van der Waals surface area contributed by atoms with Crippen molar-refractivity contribution in [3.05, 3.63) is 80.5 Å². The van der Waals surface area contributed by atoms with Crippen LogP contribution in [0.4, 0.5) is 0 Å². The number of carbonyl (C=O) groups excluding carboxylic acids is 1. The molecule has 0 aliphatic carbocycles. The fourth-order valence-corrected chi connectivity index (χ4v) is 12.6. The molecule has 1 spiro atoms. The van der Waals surface area contributed by atoms with Crippen LogP contribution in [-0.4, -0.2) is 95.1 Å². The lowest BCUT2D eigenvalue weighted by atomic mass is 9.71. The summed E-state index contributed by atoms with van der Waals surface area (Å²) in [5, 5.41) is 38.1. The summed E-state index contributed by atoms with van der Waals surface area (Å²) in [4.78, 5) is 23.1. The molecule has 0 radical (unpaired) electrons. The molecule has 4 bridgehead atoms. The predicted octanol–water partition coefficient (Wildman–Crippen LogP) is 4.50. The highest BCUT2D eigenvalue weighted by Gasteiger charge is 2.61. The molecule has 7 aliphatic heterocycles. The van der Waals surface area contributed by atoms with Gasteiger partial charge in [0.25, 0.3) is 0 Å². The van der Waals surface area contributed by atoms with Crippen molar-refractivity contribution in [3.8, 4) is 29.1 Å². The number of aromatic hydroxyl groups is 1. The second-order valence-corrected chi connectivity index (χ2v) is 16.8. The van der Waals surface area contributed by atoms with Crippen molar-refractivity contribution in [3.63, 3.8) is 0 Å². The van der Waals surface area contributed by atoms with Crippen molar-refractivity contribution in [1.82, 2.24) is 20.1 Å². The number of nitrogens with one attached hydrogen (secondary N) is 2. The Labute approximate surface area is 317 Å². The number of piperazine rings is 1. The molecule has 8 heterocycles. The lowest BCUT2D eigenvalue weighted by molar-refractivity contribution is -0.158. The number of carbonyl (C=O) groups is 1. The maximum atomic E-state index is 14.9. The molecule has 3 aromatic carbocycles. The first kappa shape index (κ1) is 34.1. The number of aliphatic hydroxyl groups excluding tert-OH is 1. The number of thioether (sulfide) groups is 1. The number of H-pyrrole nitrogens is 1. The van der Waals surface area contributed by atoms with Crippen LogP contribution in [0.3, 0.4) is 0 Å². The molecule has 280 valence electrons. The first-order chi connectivity index (χ1) is 26.1. The summed E-state index contributed by atoms with van der Waals surface area (Å²) in [6, 6.07) is 10.4. The van der Waals surface area contributed by atoms with Crippen LogP contribution in [0, 0.1) is 32.1 Å². The van der Waals surface area contributed by atoms with Crippen molar-refractivity contribution < 1.29 is 34.0 Å². The van der Waals surface area contributed by atoms with Crippen molar-refractivity contribution in [1.29, 1.82) is 5.26 Å². The number of nitrogens with zero attached hydrogens (tertiary/aromatic N) is 3. The van der Waals surface area contributed by atoms with Gasteiger partial charge in [-0.2, -0.15) is 5.26 Å². The van der Waals surface area contributed by atoms with Gasteiger partial charge in [0.1, 0.15) is 12.6 Å². The van der Waals surface area contributed by atoms with Crippen LogP contribution in [-0.2, 0) is 27.9 Å². The van der Waals surface area contributed by atoms with Crippen LogP contribution in [0.15, 0.2) is 30.3 Å². The summed E-state index contributed by atoms with van der Waals surface area (Å²) in [5.41, 5.74) is 8.07. The number of aromatic amines is 1. The topological polar surface area (TPSA) is 153 Å². The second kappa shape index (κ2) is 12.0. The van der Waals surface area contributed by atoms with Gasteiger partial charge in [-0.3, -0.25) is 15.1 Å². The molecule has 8 atom stereocenters. The molecule has 4 N–H and O–H groups in total. The van der Waals surface area contributed by atoms with E-state index in [2.05, 4.69) is 59.2 Å². The number of aromatic nitrogens is 1. The number of benzene rings is 3. The van der Waals surface area contributed by atoms with Crippen molar-refractivity contribution in [2.24, 2.45) is 0 Å². The third-order valence-corrected chi connectivity index (χ3v) is 14.7. The zero-order chi connectivity index (χ0) is 37.4. The van der Waals surface area contributed by atoms with Gasteiger partial charge in [0.05, 0.1) is 37.6 Å². The van der Waals surface area contributed by atoms with Gasteiger partial charge in [0.15, 0.2) is 28.5 Å². The van der Waals surface area contributed by atoms with Gasteiger partial charge in [-0.1, -0.05) is 24.3 Å². The van der Waals surface area contributed by atoms with Crippen molar-refractivity contribution >= 4 is 28.6 Å². The number of aliphatic hydroxyl groups is 1. The van der Waals surface area contributed by atoms with Crippen LogP contribution in [0.2, 0.25) is 0 Å². The number of esters is 1. The minimum Gasteiger partial charge on any atom is -0.504 e. The number of para-hydroxylation sites is 1. The number of likely N-dealkylation sites (N-methyl/N-ethyl adjacent to an activating group) is 1. The summed E-state index contributed by atoms with van der Waals surface area (Å²) in [5.74, 6) is 1.73. The van der Waals surface area contributed by atoms with Gasteiger partial charge in [-0.15, -0.1) is 11.8 Å². The number of hydrogen-bond acceptors (Lipinski definition) is 12. The maximum absolute atomic E-state index is 14.9. The van der Waals surface area contributed by atoms with Crippen LogP contribution in [0.1, 0.15) is 67.5 Å². The average molecular weight is 750 g/mol. The first-order valence-electron chi connectivity index (χ1n) is 18.6. The molecule has 0 unspecified atom stereocenters. The van der Waals surface area contributed by atoms with E-state index in [0.29, 0.717) is 30.1 Å². The lowest BCUT2D eigenvalue weighted by Crippen LogP contribution is -2.69. The molecule has 7 aliphatic rings. The monoisotopic (exact) mass is 749 g/mol. The van der Waals surface area contributed by atoms with E-state index in [1.54, 1.807) is 18.9 Å².